The second-order valence-electron chi connectivity index (χ2n) is 14.7. The van der Waals surface area contributed by atoms with Crippen molar-refractivity contribution in [3.63, 3.8) is 0 Å². The van der Waals surface area contributed by atoms with Crippen LogP contribution in [0.2, 0.25) is 5.02 Å². The van der Waals surface area contributed by atoms with E-state index in [0.29, 0.717) is 17.0 Å². The standard InChI is InChI=1S/C39H37ClF2N10O4S/c1-21-34(44-13-12-43-21)23-7-8-26-28(18-23)46-37(52(38(26)54)30-10-9-27(40)33-35(30)50(5)48-36(33)49-57(6,55)56)29(17-22-15-24(41)19-25(42)16-22)45-32(53)20-51-14-11-31(47-51)39(2,3)4/h7-16,18-19,29H,17,20H2,1-6H3,(H,45,53)(H,48,49)/t29-/m0/s1. The lowest BCUT2D eigenvalue weighted by Crippen LogP contribution is -2.37. The Morgan fingerprint density at radius 2 is 1.70 bits per heavy atom. The van der Waals surface area contributed by atoms with Gasteiger partial charge in [0.25, 0.3) is 5.56 Å². The molecule has 0 unspecified atom stereocenters. The minimum Gasteiger partial charge on any atom is -0.344 e. The number of aromatic nitrogens is 8. The number of carbonyl (C=O) groups is 1. The van der Waals surface area contributed by atoms with Gasteiger partial charge in [0, 0.05) is 49.1 Å². The number of nitrogens with one attached hydrogen (secondary N) is 2. The van der Waals surface area contributed by atoms with Crippen molar-refractivity contribution in [2.75, 3.05) is 11.0 Å². The number of carbonyl (C=O) groups excluding carboxylic acids is 1. The average Bonchev–Trinajstić information content (AvgIpc) is 3.72. The summed E-state index contributed by atoms with van der Waals surface area (Å²) in [4.78, 5) is 42.7. The van der Waals surface area contributed by atoms with Gasteiger partial charge in [-0.3, -0.25) is 38.2 Å². The van der Waals surface area contributed by atoms with Crippen molar-refractivity contribution in [3.05, 3.63) is 123 Å². The smallest absolute Gasteiger partial charge is 0.266 e. The molecule has 0 spiro atoms. The molecule has 3 aromatic carbocycles. The van der Waals surface area contributed by atoms with E-state index in [-0.39, 0.29) is 68.1 Å². The fourth-order valence-corrected chi connectivity index (χ4v) is 7.44. The van der Waals surface area contributed by atoms with Gasteiger partial charge in [-0.1, -0.05) is 38.4 Å². The fourth-order valence-electron chi connectivity index (χ4n) is 6.70. The Morgan fingerprint density at radius 1 is 0.982 bits per heavy atom. The number of fused-ring (bicyclic) bond motifs is 2. The topological polar surface area (TPSA) is 172 Å². The average molecular weight is 815 g/mol. The van der Waals surface area contributed by atoms with Crippen molar-refractivity contribution in [2.24, 2.45) is 7.05 Å². The first-order chi connectivity index (χ1) is 26.9. The number of anilines is 1. The summed E-state index contributed by atoms with van der Waals surface area (Å²) in [5, 5.41) is 12.4. The molecule has 0 aliphatic rings. The van der Waals surface area contributed by atoms with Gasteiger partial charge in [0.15, 0.2) is 5.82 Å². The summed E-state index contributed by atoms with van der Waals surface area (Å²) >= 11 is 6.66. The van der Waals surface area contributed by atoms with Crippen LogP contribution in [0.3, 0.4) is 0 Å². The predicted octanol–water partition coefficient (Wildman–Crippen LogP) is 5.94. The molecule has 0 fully saturated rings. The summed E-state index contributed by atoms with van der Waals surface area (Å²) in [5.74, 6) is -2.31. The van der Waals surface area contributed by atoms with Crippen LogP contribution in [-0.4, -0.2) is 59.7 Å². The highest BCUT2D eigenvalue weighted by atomic mass is 35.5. The van der Waals surface area contributed by atoms with Crippen molar-refractivity contribution in [1.29, 1.82) is 0 Å². The van der Waals surface area contributed by atoms with E-state index in [0.717, 1.165) is 30.1 Å². The molecular formula is C39H37ClF2N10O4S. The zero-order valence-electron chi connectivity index (χ0n) is 31.7. The molecule has 4 heterocycles. The quantitative estimate of drug-likeness (QED) is 0.170. The molecule has 1 atom stereocenters. The lowest BCUT2D eigenvalue weighted by atomic mass is 9.93. The van der Waals surface area contributed by atoms with Crippen molar-refractivity contribution >= 4 is 55.2 Å². The van der Waals surface area contributed by atoms with Gasteiger partial charge in [0.1, 0.15) is 24.0 Å². The largest absolute Gasteiger partial charge is 0.344 e. The van der Waals surface area contributed by atoms with Crippen LogP contribution in [0.1, 0.15) is 49.6 Å². The monoisotopic (exact) mass is 814 g/mol. The maximum atomic E-state index is 15.0. The number of rotatable bonds is 10. The van der Waals surface area contributed by atoms with Crippen LogP contribution in [-0.2, 0) is 40.2 Å². The summed E-state index contributed by atoms with van der Waals surface area (Å²) in [7, 11) is -2.27. The molecule has 14 nitrogen and oxygen atoms in total. The Hall–Kier alpha value is -6.07. The molecule has 0 bridgehead atoms. The van der Waals surface area contributed by atoms with Crippen LogP contribution in [0.15, 0.2) is 78.0 Å². The normalized spacial score (nSPS) is 12.6. The SMILES string of the molecule is Cc1nccnc1-c1ccc2c(=O)n(-c3ccc(Cl)c4c(NS(C)(=O)=O)nn(C)c34)c([C@H](Cc3cc(F)cc(F)c3)NC(=O)Cn3ccc(C(C)(C)C)n3)nc2c1. The molecule has 1 amide bonds. The molecular weight excluding hydrogens is 778 g/mol. The number of nitrogens with zero attached hydrogens (tertiary/aromatic N) is 8. The minimum atomic E-state index is -3.82. The third kappa shape index (κ3) is 8.11. The van der Waals surface area contributed by atoms with E-state index in [1.165, 1.54) is 20.0 Å². The predicted molar refractivity (Wildman–Crippen MR) is 213 cm³/mol. The van der Waals surface area contributed by atoms with E-state index in [4.69, 9.17) is 16.6 Å². The van der Waals surface area contributed by atoms with Crippen LogP contribution in [0, 0.1) is 18.6 Å². The van der Waals surface area contributed by atoms with Crippen molar-refractivity contribution in [2.45, 2.75) is 52.1 Å². The maximum Gasteiger partial charge on any atom is 0.266 e. The van der Waals surface area contributed by atoms with Crippen molar-refractivity contribution in [3.8, 4) is 16.9 Å². The van der Waals surface area contributed by atoms with Gasteiger partial charge < -0.3 is 5.32 Å². The highest BCUT2D eigenvalue weighted by molar-refractivity contribution is 7.92. The van der Waals surface area contributed by atoms with Crippen LogP contribution in [0.4, 0.5) is 14.6 Å². The Balaban J connectivity index is 1.49. The number of amides is 1. The summed E-state index contributed by atoms with van der Waals surface area (Å²) in [6, 6.07) is 11.6. The molecule has 7 aromatic rings. The number of sulfonamides is 1. The van der Waals surface area contributed by atoms with E-state index in [1.54, 1.807) is 56.8 Å². The lowest BCUT2D eigenvalue weighted by molar-refractivity contribution is -0.122. The molecule has 0 radical (unpaired) electrons. The first kappa shape index (κ1) is 39.2. The highest BCUT2D eigenvalue weighted by Gasteiger charge is 2.28. The van der Waals surface area contributed by atoms with E-state index in [1.807, 2.05) is 26.8 Å². The van der Waals surface area contributed by atoms with Gasteiger partial charge in [-0.2, -0.15) is 10.2 Å². The lowest BCUT2D eigenvalue weighted by Gasteiger charge is -2.24. The molecule has 4 aromatic heterocycles. The van der Waals surface area contributed by atoms with Crippen LogP contribution >= 0.6 is 11.6 Å². The van der Waals surface area contributed by atoms with Gasteiger partial charge in [-0.25, -0.2) is 22.2 Å². The van der Waals surface area contributed by atoms with Crippen LogP contribution in [0.5, 0.6) is 0 Å². The molecule has 0 aliphatic carbocycles. The number of benzene rings is 3. The fraction of sp³-hybridized carbons (Fsp3) is 0.256. The second-order valence-corrected chi connectivity index (χ2v) is 16.9. The number of hydrogen-bond acceptors (Lipinski definition) is 9. The Morgan fingerprint density at radius 3 is 2.37 bits per heavy atom. The zero-order valence-corrected chi connectivity index (χ0v) is 33.2. The number of halogens is 3. The third-order valence-electron chi connectivity index (χ3n) is 9.21. The molecule has 0 saturated carbocycles. The molecule has 0 saturated heterocycles. The Labute approximate surface area is 330 Å². The van der Waals surface area contributed by atoms with E-state index in [9.17, 15) is 26.8 Å². The Bertz CT molecular complexity index is 2880. The van der Waals surface area contributed by atoms with Crippen LogP contribution < -0.4 is 15.6 Å². The minimum absolute atomic E-state index is 0.0168. The van der Waals surface area contributed by atoms with Gasteiger partial charge in [-0.05, 0) is 55.0 Å². The molecule has 57 heavy (non-hydrogen) atoms. The van der Waals surface area contributed by atoms with Gasteiger partial charge in [0.2, 0.25) is 15.9 Å². The first-order valence-corrected chi connectivity index (χ1v) is 19.9. The van der Waals surface area contributed by atoms with Crippen LogP contribution in [0.25, 0.3) is 38.8 Å². The third-order valence-corrected chi connectivity index (χ3v) is 10.1. The van der Waals surface area contributed by atoms with Gasteiger partial charge >= 0.3 is 0 Å². The molecule has 18 heteroatoms. The highest BCUT2D eigenvalue weighted by Crippen LogP contribution is 2.36. The van der Waals surface area contributed by atoms with Crippen molar-refractivity contribution < 1.29 is 22.0 Å². The van der Waals surface area contributed by atoms with E-state index < -0.39 is 39.2 Å². The van der Waals surface area contributed by atoms with Gasteiger partial charge in [-0.15, -0.1) is 0 Å². The number of aryl methyl sites for hydroxylation is 2. The summed E-state index contributed by atoms with van der Waals surface area (Å²) in [6.07, 6.45) is 5.53. The molecule has 294 valence electrons. The molecule has 2 N–H and O–H groups in total. The second kappa shape index (κ2) is 14.8. The zero-order chi connectivity index (χ0) is 41.0. The summed E-state index contributed by atoms with van der Waals surface area (Å²) < 4.78 is 60.5. The van der Waals surface area contributed by atoms with E-state index in [2.05, 4.69) is 30.2 Å². The summed E-state index contributed by atoms with van der Waals surface area (Å²) in [5.41, 5.74) is 2.52. The number of hydrogen-bond donors (Lipinski definition) is 2. The van der Waals surface area contributed by atoms with Gasteiger partial charge in [0.05, 0.1) is 61.9 Å². The van der Waals surface area contributed by atoms with E-state index >= 15 is 0 Å². The Kier molecular flexibility index (Phi) is 10.2. The van der Waals surface area contributed by atoms with Crippen molar-refractivity contribution in [1.82, 2.24) is 44.4 Å². The maximum absolute atomic E-state index is 15.0. The first-order valence-electron chi connectivity index (χ1n) is 17.6. The molecule has 7 rings (SSSR count). The summed E-state index contributed by atoms with van der Waals surface area (Å²) in [6.45, 7) is 7.54. The molecule has 0 aliphatic heterocycles.